The summed E-state index contributed by atoms with van der Waals surface area (Å²) in [6, 6.07) is 0. The van der Waals surface area contributed by atoms with Crippen molar-refractivity contribution in [2.75, 3.05) is 0 Å². The van der Waals surface area contributed by atoms with E-state index in [9.17, 15) is 13.6 Å². The van der Waals surface area contributed by atoms with Crippen LogP contribution in [0.1, 0.15) is 161 Å². The average molecular weight is 447 g/mol. The fourth-order valence-electron chi connectivity index (χ4n) is 4.24. The van der Waals surface area contributed by atoms with Crippen LogP contribution >= 0.6 is 0 Å². The zero-order chi connectivity index (χ0) is 23.0. The second-order valence-corrected chi connectivity index (χ2v) is 9.54. The lowest BCUT2D eigenvalue weighted by Gasteiger charge is -2.10. The highest BCUT2D eigenvalue weighted by Crippen LogP contribution is 2.22. The SMILES string of the molecule is CCCCCCCCCCCCCCCCCCCCCCCCCC(F)(F)C(=O)O. The van der Waals surface area contributed by atoms with Gasteiger partial charge in [0.05, 0.1) is 0 Å². The van der Waals surface area contributed by atoms with E-state index in [1.807, 2.05) is 0 Å². The molecule has 0 amide bonds. The van der Waals surface area contributed by atoms with E-state index in [1.165, 1.54) is 122 Å². The van der Waals surface area contributed by atoms with Crippen LogP contribution in [-0.4, -0.2) is 17.0 Å². The van der Waals surface area contributed by atoms with Crippen LogP contribution in [0.5, 0.6) is 0 Å². The number of unbranched alkanes of at least 4 members (excludes halogenated alkanes) is 22. The first-order valence-electron chi connectivity index (χ1n) is 13.6. The van der Waals surface area contributed by atoms with Crippen molar-refractivity contribution in [3.63, 3.8) is 0 Å². The number of halogens is 2. The largest absolute Gasteiger partial charge is 0.477 e. The van der Waals surface area contributed by atoms with Gasteiger partial charge in [0.25, 0.3) is 0 Å². The standard InChI is InChI=1S/C27H52F2O2/c1-2-3-4-5-6-7-8-9-10-11-12-13-14-15-16-17-18-19-20-21-22-23-24-25-27(28,29)26(30)31/h2-25H2,1H3,(H,30,31). The third-order valence-electron chi connectivity index (χ3n) is 6.41. The zero-order valence-electron chi connectivity index (χ0n) is 20.6. The molecule has 0 aliphatic rings. The molecule has 0 rings (SSSR count). The summed E-state index contributed by atoms with van der Waals surface area (Å²) < 4.78 is 25.8. The van der Waals surface area contributed by atoms with Crippen molar-refractivity contribution in [3.8, 4) is 0 Å². The number of carbonyl (C=O) groups is 1. The minimum atomic E-state index is -3.55. The Morgan fingerprint density at radius 2 is 0.742 bits per heavy atom. The lowest BCUT2D eigenvalue weighted by Crippen LogP contribution is -2.27. The van der Waals surface area contributed by atoms with Gasteiger partial charge in [0.2, 0.25) is 0 Å². The van der Waals surface area contributed by atoms with E-state index < -0.39 is 18.3 Å². The fraction of sp³-hybridized carbons (Fsp3) is 0.963. The van der Waals surface area contributed by atoms with E-state index in [2.05, 4.69) is 6.92 Å². The van der Waals surface area contributed by atoms with E-state index in [4.69, 9.17) is 5.11 Å². The minimum Gasteiger partial charge on any atom is -0.477 e. The van der Waals surface area contributed by atoms with Gasteiger partial charge in [-0.05, 0) is 6.42 Å². The van der Waals surface area contributed by atoms with Crippen molar-refractivity contribution >= 4 is 5.97 Å². The smallest absolute Gasteiger partial charge is 0.374 e. The van der Waals surface area contributed by atoms with Crippen molar-refractivity contribution in [2.45, 2.75) is 167 Å². The average Bonchev–Trinajstić information content (AvgIpc) is 2.74. The number of carboxylic acid groups (broad SMARTS) is 1. The van der Waals surface area contributed by atoms with Gasteiger partial charge in [0.1, 0.15) is 0 Å². The van der Waals surface area contributed by atoms with Crippen LogP contribution in [0.25, 0.3) is 0 Å². The van der Waals surface area contributed by atoms with E-state index in [0.717, 1.165) is 12.8 Å². The Labute approximate surface area is 192 Å². The van der Waals surface area contributed by atoms with Gasteiger partial charge in [-0.1, -0.05) is 148 Å². The Bertz CT molecular complexity index is 385. The summed E-state index contributed by atoms with van der Waals surface area (Å²) in [5.41, 5.74) is 0. The second kappa shape index (κ2) is 22.5. The summed E-state index contributed by atoms with van der Waals surface area (Å²) in [4.78, 5) is 10.3. The van der Waals surface area contributed by atoms with Gasteiger partial charge in [0, 0.05) is 6.42 Å². The Morgan fingerprint density at radius 1 is 0.516 bits per heavy atom. The van der Waals surface area contributed by atoms with Crippen molar-refractivity contribution in [3.05, 3.63) is 0 Å². The summed E-state index contributed by atoms with van der Waals surface area (Å²) >= 11 is 0. The van der Waals surface area contributed by atoms with Crippen molar-refractivity contribution in [1.29, 1.82) is 0 Å². The molecule has 0 aromatic heterocycles. The van der Waals surface area contributed by atoms with Gasteiger partial charge < -0.3 is 5.11 Å². The van der Waals surface area contributed by atoms with Crippen molar-refractivity contribution in [1.82, 2.24) is 0 Å². The number of carboxylic acids is 1. The van der Waals surface area contributed by atoms with Gasteiger partial charge in [-0.25, -0.2) is 4.79 Å². The summed E-state index contributed by atoms with van der Waals surface area (Å²) in [7, 11) is 0. The highest BCUT2D eigenvalue weighted by molar-refractivity contribution is 5.75. The van der Waals surface area contributed by atoms with Crippen LogP contribution < -0.4 is 0 Å². The maximum absolute atomic E-state index is 12.9. The molecule has 0 aromatic rings. The topological polar surface area (TPSA) is 37.3 Å². The third-order valence-corrected chi connectivity index (χ3v) is 6.41. The van der Waals surface area contributed by atoms with Crippen LogP contribution in [0.15, 0.2) is 0 Å². The molecule has 0 saturated heterocycles. The first kappa shape index (κ1) is 30.3. The molecule has 1 N–H and O–H groups in total. The number of rotatable bonds is 25. The van der Waals surface area contributed by atoms with Gasteiger partial charge in [-0.3, -0.25) is 0 Å². The number of aliphatic carboxylic acids is 1. The Hall–Kier alpha value is -0.670. The Balaban J connectivity index is 3.10. The summed E-state index contributed by atoms with van der Waals surface area (Å²) in [6.07, 6.45) is 28.7. The third kappa shape index (κ3) is 22.3. The molecule has 0 aliphatic carbocycles. The van der Waals surface area contributed by atoms with Crippen molar-refractivity contribution in [2.24, 2.45) is 0 Å². The molecule has 0 unspecified atom stereocenters. The highest BCUT2D eigenvalue weighted by atomic mass is 19.3. The van der Waals surface area contributed by atoms with Gasteiger partial charge >= 0.3 is 11.9 Å². The molecule has 0 heterocycles. The van der Waals surface area contributed by atoms with E-state index >= 15 is 0 Å². The molecule has 0 atom stereocenters. The van der Waals surface area contributed by atoms with Crippen LogP contribution in [0, 0.1) is 0 Å². The van der Waals surface area contributed by atoms with E-state index in [1.54, 1.807) is 0 Å². The highest BCUT2D eigenvalue weighted by Gasteiger charge is 2.37. The van der Waals surface area contributed by atoms with E-state index in [0.29, 0.717) is 12.8 Å². The van der Waals surface area contributed by atoms with Crippen LogP contribution in [0.2, 0.25) is 0 Å². The molecule has 4 heteroatoms. The molecular formula is C27H52F2O2. The molecule has 0 aromatic carbocycles. The number of hydrogen-bond acceptors (Lipinski definition) is 1. The summed E-state index contributed by atoms with van der Waals surface area (Å²) in [5.74, 6) is -5.54. The second-order valence-electron chi connectivity index (χ2n) is 9.54. The minimum absolute atomic E-state index is 0.304. The maximum atomic E-state index is 12.9. The van der Waals surface area contributed by atoms with Crippen LogP contribution in [0.4, 0.5) is 8.78 Å². The molecule has 31 heavy (non-hydrogen) atoms. The molecule has 2 nitrogen and oxygen atoms in total. The fourth-order valence-corrected chi connectivity index (χ4v) is 4.24. The monoisotopic (exact) mass is 446 g/mol. The first-order valence-corrected chi connectivity index (χ1v) is 13.6. The summed E-state index contributed by atoms with van der Waals surface area (Å²) in [6.45, 7) is 2.28. The molecule has 0 saturated carbocycles. The predicted molar refractivity (Wildman–Crippen MR) is 129 cm³/mol. The van der Waals surface area contributed by atoms with Gasteiger partial charge in [-0.2, -0.15) is 8.78 Å². The molecule has 0 bridgehead atoms. The molecule has 0 fully saturated rings. The van der Waals surface area contributed by atoms with Crippen molar-refractivity contribution < 1.29 is 18.7 Å². The maximum Gasteiger partial charge on any atom is 0.374 e. The molecule has 0 radical (unpaired) electrons. The Kier molecular flexibility index (Phi) is 22.0. The van der Waals surface area contributed by atoms with Crippen LogP contribution in [-0.2, 0) is 4.79 Å². The lowest BCUT2D eigenvalue weighted by molar-refractivity contribution is -0.165. The lowest BCUT2D eigenvalue weighted by atomic mass is 10.0. The Morgan fingerprint density at radius 3 is 0.968 bits per heavy atom. The first-order chi connectivity index (χ1) is 15.0. The van der Waals surface area contributed by atoms with Gasteiger partial charge in [0.15, 0.2) is 0 Å². The normalized spacial score (nSPS) is 11.8. The summed E-state index contributed by atoms with van der Waals surface area (Å²) in [5, 5.41) is 8.37. The van der Waals surface area contributed by atoms with Gasteiger partial charge in [-0.15, -0.1) is 0 Å². The predicted octanol–water partition coefficient (Wildman–Crippen LogP) is 10.1. The number of hydrogen-bond donors (Lipinski definition) is 1. The molecule has 0 spiro atoms. The van der Waals surface area contributed by atoms with E-state index in [-0.39, 0.29) is 0 Å². The molecular weight excluding hydrogens is 394 g/mol. The number of alkyl halides is 2. The molecule has 186 valence electrons. The quantitative estimate of drug-likeness (QED) is 0.142. The van der Waals surface area contributed by atoms with Crippen LogP contribution in [0.3, 0.4) is 0 Å². The molecule has 0 aliphatic heterocycles. The zero-order valence-corrected chi connectivity index (χ0v) is 20.6.